The molecule has 1 aliphatic rings. The smallest absolute Gasteiger partial charge is 0.0900 e. The summed E-state index contributed by atoms with van der Waals surface area (Å²) in [6.07, 6.45) is 2.69. The molecule has 0 unspecified atom stereocenters. The third-order valence-corrected chi connectivity index (χ3v) is 4.00. The molecule has 0 amide bonds. The lowest BCUT2D eigenvalue weighted by Gasteiger charge is -2.33. The van der Waals surface area contributed by atoms with E-state index in [1.807, 2.05) is 11.3 Å². The van der Waals surface area contributed by atoms with Crippen LogP contribution in [0.25, 0.3) is 0 Å². The third kappa shape index (κ3) is 2.15. The molecule has 0 spiro atoms. The second-order valence-corrected chi connectivity index (χ2v) is 5.68. The Bertz CT molecular complexity index is 313. The van der Waals surface area contributed by atoms with Crippen LogP contribution in [0.15, 0.2) is 0 Å². The van der Waals surface area contributed by atoms with Crippen LogP contribution in [0.3, 0.4) is 0 Å². The maximum Gasteiger partial charge on any atom is 0.0900 e. The predicted octanol–water partition coefficient (Wildman–Crippen LogP) is 2.65. The molecule has 2 nitrogen and oxygen atoms in total. The summed E-state index contributed by atoms with van der Waals surface area (Å²) in [5.74, 6) is 0.928. The summed E-state index contributed by atoms with van der Waals surface area (Å²) >= 11 is 1.82. The van der Waals surface area contributed by atoms with Gasteiger partial charge in [0.1, 0.15) is 0 Å². The maximum atomic E-state index is 4.43. The molecule has 1 heterocycles. The van der Waals surface area contributed by atoms with E-state index in [9.17, 15) is 0 Å². The molecule has 1 fully saturated rings. The van der Waals surface area contributed by atoms with Crippen molar-refractivity contribution in [2.45, 2.75) is 46.2 Å². The third-order valence-electron chi connectivity index (χ3n) is 2.92. The fourth-order valence-electron chi connectivity index (χ4n) is 2.04. The lowest BCUT2D eigenvalue weighted by molar-refractivity contribution is 0.241. The van der Waals surface area contributed by atoms with Crippen molar-refractivity contribution in [2.75, 3.05) is 0 Å². The summed E-state index contributed by atoms with van der Waals surface area (Å²) in [6.45, 7) is 7.51. The molecular weight excluding hydrogens is 192 g/mol. The standard InChI is InChI=1S/C11H18N2S/c1-7-4-10(5-7)12-6-11-8(2)13-9(3)14-11/h7,10,12H,4-6H2,1-3H3. The molecule has 3 heteroatoms. The van der Waals surface area contributed by atoms with Crippen molar-refractivity contribution in [3.8, 4) is 0 Å². The maximum absolute atomic E-state index is 4.43. The minimum atomic E-state index is 0.756. The van der Waals surface area contributed by atoms with Crippen molar-refractivity contribution in [3.05, 3.63) is 15.6 Å². The van der Waals surface area contributed by atoms with Gasteiger partial charge in [-0.2, -0.15) is 0 Å². The van der Waals surface area contributed by atoms with Gasteiger partial charge < -0.3 is 5.32 Å². The van der Waals surface area contributed by atoms with Gasteiger partial charge in [0.25, 0.3) is 0 Å². The van der Waals surface area contributed by atoms with Crippen LogP contribution < -0.4 is 5.32 Å². The van der Waals surface area contributed by atoms with Crippen molar-refractivity contribution in [3.63, 3.8) is 0 Å². The molecule has 1 aliphatic carbocycles. The van der Waals surface area contributed by atoms with Gasteiger partial charge in [0.15, 0.2) is 0 Å². The minimum Gasteiger partial charge on any atom is -0.309 e. The fourth-order valence-corrected chi connectivity index (χ4v) is 2.93. The van der Waals surface area contributed by atoms with Crippen molar-refractivity contribution >= 4 is 11.3 Å². The topological polar surface area (TPSA) is 24.9 Å². The average Bonchev–Trinajstić information content (AvgIpc) is 2.37. The van der Waals surface area contributed by atoms with Crippen LogP contribution in [-0.4, -0.2) is 11.0 Å². The van der Waals surface area contributed by atoms with Gasteiger partial charge in [-0.05, 0) is 32.6 Å². The highest BCUT2D eigenvalue weighted by atomic mass is 32.1. The minimum absolute atomic E-state index is 0.756. The first-order valence-corrected chi connectivity index (χ1v) is 6.13. The summed E-state index contributed by atoms with van der Waals surface area (Å²) < 4.78 is 0. The predicted molar refractivity (Wildman–Crippen MR) is 60.6 cm³/mol. The second kappa shape index (κ2) is 3.99. The molecular formula is C11H18N2S. The van der Waals surface area contributed by atoms with E-state index in [1.165, 1.54) is 28.4 Å². The van der Waals surface area contributed by atoms with Crippen LogP contribution in [0.1, 0.15) is 35.3 Å². The van der Waals surface area contributed by atoms with Crippen molar-refractivity contribution < 1.29 is 0 Å². The molecule has 0 bridgehead atoms. The highest BCUT2D eigenvalue weighted by molar-refractivity contribution is 7.11. The Hall–Kier alpha value is -0.410. The Morgan fingerprint density at radius 3 is 2.64 bits per heavy atom. The molecule has 0 radical (unpaired) electrons. The number of hydrogen-bond donors (Lipinski definition) is 1. The van der Waals surface area contributed by atoms with Crippen LogP contribution in [0.2, 0.25) is 0 Å². The Kier molecular flexibility index (Phi) is 2.88. The van der Waals surface area contributed by atoms with Crippen LogP contribution in [0, 0.1) is 19.8 Å². The number of nitrogens with one attached hydrogen (secondary N) is 1. The zero-order valence-corrected chi connectivity index (χ0v) is 9.95. The zero-order chi connectivity index (χ0) is 10.1. The van der Waals surface area contributed by atoms with Crippen molar-refractivity contribution in [2.24, 2.45) is 5.92 Å². The molecule has 0 saturated heterocycles. The van der Waals surface area contributed by atoms with Gasteiger partial charge >= 0.3 is 0 Å². The van der Waals surface area contributed by atoms with E-state index < -0.39 is 0 Å². The van der Waals surface area contributed by atoms with Gasteiger partial charge in [0.05, 0.1) is 10.7 Å². The summed E-state index contributed by atoms with van der Waals surface area (Å²) in [7, 11) is 0. The van der Waals surface area contributed by atoms with Gasteiger partial charge in [-0.1, -0.05) is 6.92 Å². The van der Waals surface area contributed by atoms with Crippen LogP contribution in [-0.2, 0) is 6.54 Å². The van der Waals surface area contributed by atoms with Gasteiger partial charge in [-0.15, -0.1) is 11.3 Å². The summed E-state index contributed by atoms with van der Waals surface area (Å²) in [6, 6.07) is 0.756. The molecule has 0 atom stereocenters. The summed E-state index contributed by atoms with van der Waals surface area (Å²) in [5.41, 5.74) is 1.20. The number of hydrogen-bond acceptors (Lipinski definition) is 3. The fraction of sp³-hybridized carbons (Fsp3) is 0.727. The molecule has 0 aliphatic heterocycles. The monoisotopic (exact) mass is 210 g/mol. The van der Waals surface area contributed by atoms with E-state index >= 15 is 0 Å². The molecule has 1 aromatic heterocycles. The van der Waals surface area contributed by atoms with Crippen LogP contribution in [0.5, 0.6) is 0 Å². The molecule has 14 heavy (non-hydrogen) atoms. The zero-order valence-electron chi connectivity index (χ0n) is 9.13. The Labute approximate surface area is 89.8 Å². The Morgan fingerprint density at radius 1 is 1.43 bits per heavy atom. The number of aryl methyl sites for hydroxylation is 2. The largest absolute Gasteiger partial charge is 0.309 e. The quantitative estimate of drug-likeness (QED) is 0.829. The second-order valence-electron chi connectivity index (χ2n) is 4.40. The van der Waals surface area contributed by atoms with Crippen LogP contribution in [0.4, 0.5) is 0 Å². The van der Waals surface area contributed by atoms with E-state index in [0.717, 1.165) is 18.5 Å². The molecule has 1 aromatic rings. The molecule has 1 saturated carbocycles. The van der Waals surface area contributed by atoms with Crippen molar-refractivity contribution in [1.82, 2.24) is 10.3 Å². The number of thiazole rings is 1. The number of rotatable bonds is 3. The Morgan fingerprint density at radius 2 is 2.14 bits per heavy atom. The lowest BCUT2D eigenvalue weighted by Crippen LogP contribution is -2.39. The SMILES string of the molecule is Cc1nc(C)c(CNC2CC(C)C2)s1. The molecule has 1 N–H and O–H groups in total. The normalized spacial score (nSPS) is 26.2. The summed E-state index contributed by atoms with van der Waals surface area (Å²) in [5, 5.41) is 4.77. The van der Waals surface area contributed by atoms with E-state index in [4.69, 9.17) is 0 Å². The highest BCUT2D eigenvalue weighted by Gasteiger charge is 2.24. The van der Waals surface area contributed by atoms with E-state index in [2.05, 4.69) is 31.1 Å². The van der Waals surface area contributed by atoms with Gasteiger partial charge in [0.2, 0.25) is 0 Å². The van der Waals surface area contributed by atoms with Gasteiger partial charge in [0, 0.05) is 17.5 Å². The van der Waals surface area contributed by atoms with E-state index in [0.29, 0.717) is 0 Å². The van der Waals surface area contributed by atoms with E-state index in [-0.39, 0.29) is 0 Å². The molecule has 2 rings (SSSR count). The Balaban J connectivity index is 1.83. The first-order valence-electron chi connectivity index (χ1n) is 5.31. The molecule has 0 aromatic carbocycles. The number of nitrogens with zero attached hydrogens (tertiary/aromatic N) is 1. The van der Waals surface area contributed by atoms with Crippen LogP contribution >= 0.6 is 11.3 Å². The lowest BCUT2D eigenvalue weighted by atomic mass is 9.82. The average molecular weight is 210 g/mol. The highest BCUT2D eigenvalue weighted by Crippen LogP contribution is 2.27. The van der Waals surface area contributed by atoms with Gasteiger partial charge in [-0.3, -0.25) is 0 Å². The number of aromatic nitrogens is 1. The summed E-state index contributed by atoms with van der Waals surface area (Å²) in [4.78, 5) is 5.83. The molecule has 78 valence electrons. The van der Waals surface area contributed by atoms with E-state index in [1.54, 1.807) is 0 Å². The van der Waals surface area contributed by atoms with Crippen molar-refractivity contribution in [1.29, 1.82) is 0 Å². The van der Waals surface area contributed by atoms with Gasteiger partial charge in [-0.25, -0.2) is 4.98 Å². The first-order chi connectivity index (χ1) is 6.65. The first kappa shape index (κ1) is 10.1.